The fourth-order valence-electron chi connectivity index (χ4n) is 1.68. The van der Waals surface area contributed by atoms with Crippen LogP contribution in [0.3, 0.4) is 0 Å². The Kier molecular flexibility index (Phi) is 6.14. The largest absolute Gasteiger partial charge is 0.0622 e. The maximum absolute atomic E-state index is 3.85. The molecule has 0 N–H and O–H groups in total. The van der Waals surface area contributed by atoms with Crippen LogP contribution in [0.4, 0.5) is 0 Å². The van der Waals surface area contributed by atoms with E-state index in [0.717, 1.165) is 6.42 Å². The number of aryl methyl sites for hydroxylation is 1. The third-order valence-electron chi connectivity index (χ3n) is 2.56. The summed E-state index contributed by atoms with van der Waals surface area (Å²) in [4.78, 5) is 0. The van der Waals surface area contributed by atoms with Gasteiger partial charge < -0.3 is 0 Å². The van der Waals surface area contributed by atoms with Gasteiger partial charge in [0.1, 0.15) is 0 Å². The summed E-state index contributed by atoms with van der Waals surface area (Å²) >= 11 is 0. The molecule has 0 saturated heterocycles. The summed E-state index contributed by atoms with van der Waals surface area (Å²) in [6.07, 6.45) is 9.08. The molecule has 0 aliphatic rings. The maximum Gasteiger partial charge on any atom is -0.0279 e. The summed E-state index contributed by atoms with van der Waals surface area (Å²) in [5.74, 6) is 0. The Labute approximate surface area is 88.4 Å². The number of hydrogen-bond donors (Lipinski definition) is 0. The molecule has 0 atom stereocenters. The van der Waals surface area contributed by atoms with Crippen LogP contribution < -0.4 is 0 Å². The average molecular weight is 189 g/mol. The van der Waals surface area contributed by atoms with E-state index >= 15 is 0 Å². The lowest BCUT2D eigenvalue weighted by molar-refractivity contribution is 0.617. The predicted molar refractivity (Wildman–Crippen MR) is 63.2 cm³/mol. The molecule has 1 rings (SSSR count). The Morgan fingerprint density at radius 2 is 1.43 bits per heavy atom. The van der Waals surface area contributed by atoms with E-state index in [0.29, 0.717) is 0 Å². The van der Waals surface area contributed by atoms with Crippen LogP contribution in [0, 0.1) is 6.92 Å². The van der Waals surface area contributed by atoms with Gasteiger partial charge in [-0.3, -0.25) is 0 Å². The van der Waals surface area contributed by atoms with Gasteiger partial charge in [0, 0.05) is 0 Å². The molecular formula is C14H21. The molecule has 0 nitrogen and oxygen atoms in total. The molecule has 1 radical (unpaired) electrons. The van der Waals surface area contributed by atoms with Crippen molar-refractivity contribution in [3.63, 3.8) is 0 Å². The highest BCUT2D eigenvalue weighted by atomic mass is 14.0. The topological polar surface area (TPSA) is 0 Å². The second kappa shape index (κ2) is 7.61. The van der Waals surface area contributed by atoms with Crippen molar-refractivity contribution < 1.29 is 0 Å². The van der Waals surface area contributed by atoms with Gasteiger partial charge in [-0.1, -0.05) is 69.4 Å². The van der Waals surface area contributed by atoms with E-state index in [4.69, 9.17) is 0 Å². The maximum atomic E-state index is 3.85. The highest BCUT2D eigenvalue weighted by Crippen LogP contribution is 2.09. The van der Waals surface area contributed by atoms with E-state index in [-0.39, 0.29) is 0 Å². The molecule has 14 heavy (non-hydrogen) atoms. The van der Waals surface area contributed by atoms with Crippen molar-refractivity contribution in [1.29, 1.82) is 0 Å². The van der Waals surface area contributed by atoms with Crippen molar-refractivity contribution in [1.82, 2.24) is 0 Å². The quantitative estimate of drug-likeness (QED) is 0.557. The standard InChI is InChI=1S/C14H21/c1-2-3-4-5-6-8-11-14-12-9-7-10-13-14/h7,9-10,12-13H,1-6,8,11H2. The van der Waals surface area contributed by atoms with Crippen LogP contribution in [-0.4, -0.2) is 0 Å². The first-order chi connectivity index (χ1) is 6.93. The molecule has 77 valence electrons. The highest BCUT2D eigenvalue weighted by molar-refractivity contribution is 5.14. The zero-order valence-corrected chi connectivity index (χ0v) is 9.04. The second-order valence-corrected chi connectivity index (χ2v) is 3.86. The molecule has 0 unspecified atom stereocenters. The normalized spacial score (nSPS) is 10.4. The van der Waals surface area contributed by atoms with Crippen LogP contribution in [0.5, 0.6) is 0 Å². The van der Waals surface area contributed by atoms with Gasteiger partial charge in [-0.25, -0.2) is 0 Å². The van der Waals surface area contributed by atoms with Crippen molar-refractivity contribution in [2.45, 2.75) is 44.9 Å². The van der Waals surface area contributed by atoms with Gasteiger partial charge in [-0.2, -0.15) is 0 Å². The third-order valence-corrected chi connectivity index (χ3v) is 2.56. The minimum Gasteiger partial charge on any atom is -0.0622 e. The summed E-state index contributed by atoms with van der Waals surface area (Å²) in [6, 6.07) is 10.8. The van der Waals surface area contributed by atoms with E-state index in [1.165, 1.54) is 44.1 Å². The number of benzene rings is 1. The summed E-state index contributed by atoms with van der Waals surface area (Å²) in [6.45, 7) is 3.85. The Morgan fingerprint density at radius 3 is 2.14 bits per heavy atom. The predicted octanol–water partition coefficient (Wildman–Crippen LogP) is 4.40. The van der Waals surface area contributed by atoms with Crippen molar-refractivity contribution in [2.75, 3.05) is 0 Å². The lowest BCUT2D eigenvalue weighted by Gasteiger charge is -2.01. The van der Waals surface area contributed by atoms with Crippen LogP contribution in [0.1, 0.15) is 44.1 Å². The Hall–Kier alpha value is -0.780. The smallest absolute Gasteiger partial charge is 0.0279 e. The molecule has 0 saturated carbocycles. The van der Waals surface area contributed by atoms with Crippen molar-refractivity contribution in [2.24, 2.45) is 0 Å². The Bertz CT molecular complexity index is 213. The van der Waals surface area contributed by atoms with Crippen LogP contribution in [0.25, 0.3) is 0 Å². The zero-order valence-electron chi connectivity index (χ0n) is 9.04. The van der Waals surface area contributed by atoms with E-state index in [1.807, 2.05) is 0 Å². The number of unbranched alkanes of at least 4 members (excludes halogenated alkanes) is 5. The van der Waals surface area contributed by atoms with Crippen LogP contribution in [0.2, 0.25) is 0 Å². The third kappa shape index (κ3) is 5.06. The first-order valence-electron chi connectivity index (χ1n) is 5.76. The zero-order chi connectivity index (χ0) is 10.1. The average Bonchev–Trinajstić information content (AvgIpc) is 2.25. The Balaban J connectivity index is 1.99. The monoisotopic (exact) mass is 189 g/mol. The molecule has 0 amide bonds. The number of rotatable bonds is 7. The SMILES string of the molecule is [CH2]CCCCCCCc1ccccc1. The van der Waals surface area contributed by atoms with Crippen molar-refractivity contribution in [3.8, 4) is 0 Å². The summed E-state index contributed by atoms with van der Waals surface area (Å²) < 4.78 is 0. The van der Waals surface area contributed by atoms with Crippen LogP contribution >= 0.6 is 0 Å². The summed E-state index contributed by atoms with van der Waals surface area (Å²) in [5.41, 5.74) is 1.48. The molecule has 0 bridgehead atoms. The highest BCUT2D eigenvalue weighted by Gasteiger charge is 1.92. The lowest BCUT2D eigenvalue weighted by atomic mass is 10.1. The van der Waals surface area contributed by atoms with Gasteiger partial charge >= 0.3 is 0 Å². The molecule has 0 fully saturated rings. The number of hydrogen-bond acceptors (Lipinski definition) is 0. The minimum atomic E-state index is 1.10. The van der Waals surface area contributed by atoms with E-state index in [2.05, 4.69) is 37.3 Å². The first kappa shape index (κ1) is 11.3. The van der Waals surface area contributed by atoms with Gasteiger partial charge in [0.2, 0.25) is 0 Å². The fourth-order valence-corrected chi connectivity index (χ4v) is 1.68. The molecule has 0 aliphatic heterocycles. The molecule has 0 heterocycles. The van der Waals surface area contributed by atoms with Gasteiger partial charge in [-0.15, -0.1) is 0 Å². The molecule has 1 aromatic rings. The summed E-state index contributed by atoms with van der Waals surface area (Å²) in [7, 11) is 0. The van der Waals surface area contributed by atoms with Crippen LogP contribution in [0.15, 0.2) is 30.3 Å². The first-order valence-corrected chi connectivity index (χ1v) is 5.76. The van der Waals surface area contributed by atoms with E-state index in [1.54, 1.807) is 0 Å². The second-order valence-electron chi connectivity index (χ2n) is 3.86. The summed E-state index contributed by atoms with van der Waals surface area (Å²) in [5, 5.41) is 0. The molecule has 0 heteroatoms. The fraction of sp³-hybridized carbons (Fsp3) is 0.500. The van der Waals surface area contributed by atoms with Gasteiger partial charge in [0.05, 0.1) is 0 Å². The Morgan fingerprint density at radius 1 is 0.786 bits per heavy atom. The van der Waals surface area contributed by atoms with Crippen molar-refractivity contribution >= 4 is 0 Å². The van der Waals surface area contributed by atoms with Gasteiger partial charge in [0.15, 0.2) is 0 Å². The molecular weight excluding hydrogens is 168 g/mol. The van der Waals surface area contributed by atoms with E-state index < -0.39 is 0 Å². The van der Waals surface area contributed by atoms with Crippen molar-refractivity contribution in [3.05, 3.63) is 42.8 Å². The molecule has 0 spiro atoms. The lowest BCUT2D eigenvalue weighted by Crippen LogP contribution is -1.85. The van der Waals surface area contributed by atoms with Gasteiger partial charge in [0.25, 0.3) is 0 Å². The van der Waals surface area contributed by atoms with E-state index in [9.17, 15) is 0 Å². The van der Waals surface area contributed by atoms with Gasteiger partial charge in [-0.05, 0) is 18.4 Å². The van der Waals surface area contributed by atoms with Crippen LogP contribution in [-0.2, 0) is 6.42 Å². The molecule has 0 aromatic heterocycles. The minimum absolute atomic E-state index is 1.10. The molecule has 0 aliphatic carbocycles. The molecule has 1 aromatic carbocycles.